The summed E-state index contributed by atoms with van der Waals surface area (Å²) in [6, 6.07) is 0. The van der Waals surface area contributed by atoms with Gasteiger partial charge in [0, 0.05) is 6.26 Å². The second-order valence-electron chi connectivity index (χ2n) is 0.586. The maximum Gasteiger partial charge on any atom is 0.122 e. The van der Waals surface area contributed by atoms with Crippen LogP contribution in [0.4, 0.5) is 0 Å². The predicted octanol–water partition coefficient (Wildman–Crippen LogP) is 0.993. The summed E-state index contributed by atoms with van der Waals surface area (Å²) < 4.78 is 3.65. The van der Waals surface area contributed by atoms with Crippen LogP contribution in [0.2, 0.25) is 0 Å². The molecule has 0 rings (SSSR count). The van der Waals surface area contributed by atoms with E-state index in [0.29, 0.717) is 0 Å². The Hall–Kier alpha value is -0.310. The summed E-state index contributed by atoms with van der Waals surface area (Å²) in [4.78, 5) is 3.36. The van der Waals surface area contributed by atoms with E-state index in [0.717, 1.165) is 0 Å². The van der Waals surface area contributed by atoms with Gasteiger partial charge in [-0.3, -0.25) is 4.99 Å². The molecule has 6 heavy (non-hydrogen) atoms. The molecular formula is C3H6N2S. The van der Waals surface area contributed by atoms with Crippen molar-refractivity contribution in [3.63, 3.8) is 0 Å². The van der Waals surface area contributed by atoms with Gasteiger partial charge in [0.15, 0.2) is 0 Å². The van der Waals surface area contributed by atoms with Gasteiger partial charge in [0.25, 0.3) is 0 Å². The van der Waals surface area contributed by atoms with E-state index in [1.807, 2.05) is 6.26 Å². The van der Waals surface area contributed by atoms with E-state index >= 15 is 0 Å². The van der Waals surface area contributed by atoms with Crippen LogP contribution in [0.25, 0.3) is 0 Å². The summed E-state index contributed by atoms with van der Waals surface area (Å²) in [6.07, 6.45) is 3.27. The van der Waals surface area contributed by atoms with Crippen molar-refractivity contribution in [2.45, 2.75) is 0 Å². The lowest BCUT2D eigenvalue weighted by Gasteiger charge is -1.68. The van der Waals surface area contributed by atoms with E-state index in [1.165, 1.54) is 18.3 Å². The Morgan fingerprint density at radius 3 is 2.67 bits per heavy atom. The molecule has 0 aliphatic carbocycles. The van der Waals surface area contributed by atoms with Crippen LogP contribution in [0.3, 0.4) is 0 Å². The highest BCUT2D eigenvalue weighted by Crippen LogP contribution is 1.87. The Bertz CT molecular complexity index is 59.8. The smallest absolute Gasteiger partial charge is 0.122 e. The van der Waals surface area contributed by atoms with Gasteiger partial charge in [-0.15, -0.1) is 0 Å². The third kappa shape index (κ3) is 3.69. The van der Waals surface area contributed by atoms with Gasteiger partial charge in [-0.05, 0) is 18.7 Å². The first-order chi connectivity index (χ1) is 2.91. The number of nitrogens with zero attached hydrogens (tertiary/aromatic N) is 2. The zero-order chi connectivity index (χ0) is 4.83. The molecule has 0 heterocycles. The van der Waals surface area contributed by atoms with E-state index in [9.17, 15) is 0 Å². The zero-order valence-electron chi connectivity index (χ0n) is 3.59. The van der Waals surface area contributed by atoms with Crippen LogP contribution >= 0.6 is 11.9 Å². The van der Waals surface area contributed by atoms with Gasteiger partial charge in [-0.25, -0.2) is 4.40 Å². The van der Waals surface area contributed by atoms with Gasteiger partial charge in [-0.1, -0.05) is 0 Å². The lowest BCUT2D eigenvalue weighted by Crippen LogP contribution is -1.53. The van der Waals surface area contributed by atoms with E-state index < -0.39 is 0 Å². The molecule has 0 N–H and O–H groups in total. The van der Waals surface area contributed by atoms with Crippen LogP contribution in [0.5, 0.6) is 0 Å². The van der Waals surface area contributed by atoms with Gasteiger partial charge in [0.05, 0.1) is 0 Å². The van der Waals surface area contributed by atoms with Crippen molar-refractivity contribution < 1.29 is 0 Å². The molecule has 0 aromatic carbocycles. The Balaban J connectivity index is 2.94. The first-order valence-corrected chi connectivity index (χ1v) is 2.61. The topological polar surface area (TPSA) is 24.7 Å². The van der Waals surface area contributed by atoms with E-state index in [1.54, 1.807) is 0 Å². The molecule has 34 valence electrons. The summed E-state index contributed by atoms with van der Waals surface area (Å²) in [5.41, 5.74) is 0. The normalized spacial score (nSPS) is 9.50. The first kappa shape index (κ1) is 5.69. The van der Waals surface area contributed by atoms with Crippen LogP contribution in [-0.2, 0) is 0 Å². The number of hydrogen-bond donors (Lipinski definition) is 0. The largest absolute Gasteiger partial charge is 0.252 e. The zero-order valence-corrected chi connectivity index (χ0v) is 4.40. The summed E-state index contributed by atoms with van der Waals surface area (Å²) in [6.45, 7) is 3.19. The second kappa shape index (κ2) is 4.69. The Morgan fingerprint density at radius 2 is 2.50 bits per heavy atom. The molecule has 0 aromatic heterocycles. The Kier molecular flexibility index (Phi) is 4.45. The fourth-order valence-corrected chi connectivity index (χ4v) is 0.241. The molecule has 0 aliphatic rings. The second-order valence-corrected chi connectivity index (χ2v) is 1.16. The average Bonchev–Trinajstić information content (AvgIpc) is 1.61. The highest BCUT2D eigenvalue weighted by Gasteiger charge is 1.55. The fraction of sp³-hybridized carbons (Fsp3) is 0.333. The van der Waals surface area contributed by atoms with E-state index in [4.69, 9.17) is 0 Å². The summed E-state index contributed by atoms with van der Waals surface area (Å²) >= 11 is 1.36. The maximum atomic E-state index is 3.65. The molecule has 0 unspecified atom stereocenters. The third-order valence-corrected chi connectivity index (χ3v) is 0.539. The minimum Gasteiger partial charge on any atom is -0.252 e. The highest BCUT2D eigenvalue weighted by molar-refractivity contribution is 7.97. The average molecular weight is 102 g/mol. The molecule has 0 bridgehead atoms. The number of rotatable bonds is 2. The molecule has 0 fully saturated rings. The summed E-state index contributed by atoms with van der Waals surface area (Å²) in [5, 5.41) is 0. The van der Waals surface area contributed by atoms with Crippen molar-refractivity contribution >= 4 is 25.0 Å². The highest BCUT2D eigenvalue weighted by atomic mass is 32.2. The minimum atomic E-state index is 1.36. The van der Waals surface area contributed by atoms with Crippen LogP contribution < -0.4 is 0 Å². The van der Waals surface area contributed by atoms with Crippen molar-refractivity contribution in [2.24, 2.45) is 9.39 Å². The lowest BCUT2D eigenvalue weighted by atomic mass is 11.3. The standard InChI is InChI=1S/C3H6N2S/c1-4-3-5-6-2/h3H,1H2,2H3. The van der Waals surface area contributed by atoms with Crippen LogP contribution in [0.1, 0.15) is 0 Å². The minimum absolute atomic E-state index is 1.36. The molecule has 0 radical (unpaired) electrons. The maximum absolute atomic E-state index is 3.65. The van der Waals surface area contributed by atoms with E-state index in [2.05, 4.69) is 16.1 Å². The molecule has 2 nitrogen and oxygen atoms in total. The quantitative estimate of drug-likeness (QED) is 0.290. The molecule has 0 atom stereocenters. The van der Waals surface area contributed by atoms with Gasteiger partial charge in [0.2, 0.25) is 0 Å². The van der Waals surface area contributed by atoms with Gasteiger partial charge < -0.3 is 0 Å². The molecule has 0 aliphatic heterocycles. The monoisotopic (exact) mass is 102 g/mol. The van der Waals surface area contributed by atoms with Crippen molar-refractivity contribution in [1.82, 2.24) is 0 Å². The molecule has 0 spiro atoms. The SMILES string of the molecule is C=NC=NSC. The molecule has 0 aromatic rings. The predicted molar refractivity (Wildman–Crippen MR) is 31.6 cm³/mol. The van der Waals surface area contributed by atoms with Crippen molar-refractivity contribution in [3.8, 4) is 0 Å². The molecule has 0 saturated heterocycles. The van der Waals surface area contributed by atoms with E-state index in [-0.39, 0.29) is 0 Å². The lowest BCUT2D eigenvalue weighted by molar-refractivity contribution is 1.79. The first-order valence-electron chi connectivity index (χ1n) is 1.42. The fourth-order valence-electron chi connectivity index (χ4n) is 0.0805. The number of hydrogen-bond acceptors (Lipinski definition) is 2. The van der Waals surface area contributed by atoms with Crippen molar-refractivity contribution in [1.29, 1.82) is 0 Å². The third-order valence-electron chi connectivity index (χ3n) is 0.234. The van der Waals surface area contributed by atoms with Crippen molar-refractivity contribution in [2.75, 3.05) is 6.26 Å². The molecular weight excluding hydrogens is 96.1 g/mol. The van der Waals surface area contributed by atoms with Crippen LogP contribution in [0.15, 0.2) is 9.39 Å². The summed E-state index contributed by atoms with van der Waals surface area (Å²) in [7, 11) is 0. The molecule has 3 heteroatoms. The van der Waals surface area contributed by atoms with Gasteiger partial charge in [0.1, 0.15) is 6.34 Å². The van der Waals surface area contributed by atoms with Crippen molar-refractivity contribution in [3.05, 3.63) is 0 Å². The molecule has 0 amide bonds. The van der Waals surface area contributed by atoms with Gasteiger partial charge >= 0.3 is 0 Å². The number of aliphatic imine (C=N–C) groups is 1. The Morgan fingerprint density at radius 1 is 1.83 bits per heavy atom. The van der Waals surface area contributed by atoms with Gasteiger partial charge in [-0.2, -0.15) is 0 Å². The molecule has 0 saturated carbocycles. The van der Waals surface area contributed by atoms with Crippen LogP contribution in [0, 0.1) is 0 Å². The van der Waals surface area contributed by atoms with Crippen LogP contribution in [-0.4, -0.2) is 19.3 Å². The Labute approximate surface area is 41.5 Å². The summed E-state index contributed by atoms with van der Waals surface area (Å²) in [5.74, 6) is 0.